The first-order chi connectivity index (χ1) is 13.3. The van der Waals surface area contributed by atoms with E-state index in [9.17, 15) is 0 Å². The van der Waals surface area contributed by atoms with Gasteiger partial charge in [-0.1, -0.05) is 30.0 Å². The molecular formula is C20H25NO6S. The van der Waals surface area contributed by atoms with Crippen molar-refractivity contribution in [2.45, 2.75) is 29.2 Å². The van der Waals surface area contributed by atoms with Crippen molar-refractivity contribution in [3.8, 4) is 11.5 Å². The lowest BCUT2D eigenvalue weighted by molar-refractivity contribution is -0.159. The second-order valence-electron chi connectivity index (χ2n) is 5.73. The Morgan fingerprint density at radius 1 is 1.04 bits per heavy atom. The molecule has 2 aromatic carbocycles. The van der Waals surface area contributed by atoms with E-state index in [4.69, 9.17) is 29.3 Å². The van der Waals surface area contributed by atoms with Crippen molar-refractivity contribution in [3.05, 3.63) is 48.0 Å². The summed E-state index contributed by atoms with van der Waals surface area (Å²) in [5.41, 5.74) is 1.35. The molecule has 3 N–H and O–H groups in total. The predicted octanol–water partition coefficient (Wildman–Crippen LogP) is 3.16. The van der Waals surface area contributed by atoms with Gasteiger partial charge in [0.15, 0.2) is 11.5 Å². The van der Waals surface area contributed by atoms with Crippen molar-refractivity contribution in [3.63, 3.8) is 0 Å². The van der Waals surface area contributed by atoms with E-state index in [1.54, 1.807) is 26.0 Å². The first-order valence-corrected chi connectivity index (χ1v) is 9.25. The molecule has 0 aliphatic heterocycles. The molecule has 0 radical (unpaired) electrons. The molecule has 1 atom stereocenters. The van der Waals surface area contributed by atoms with Gasteiger partial charge in [0.25, 0.3) is 0 Å². The van der Waals surface area contributed by atoms with Crippen LogP contribution in [-0.4, -0.2) is 49.5 Å². The molecule has 28 heavy (non-hydrogen) atoms. The Bertz CT molecular complexity index is 784. The molecule has 0 aliphatic carbocycles. The van der Waals surface area contributed by atoms with Gasteiger partial charge in [-0.2, -0.15) is 0 Å². The van der Waals surface area contributed by atoms with Gasteiger partial charge in [-0.05, 0) is 50.2 Å². The van der Waals surface area contributed by atoms with Crippen LogP contribution in [0.25, 0.3) is 0 Å². The van der Waals surface area contributed by atoms with Crippen molar-refractivity contribution in [2.24, 2.45) is 0 Å². The molecule has 0 saturated heterocycles. The van der Waals surface area contributed by atoms with E-state index in [0.29, 0.717) is 6.04 Å². The van der Waals surface area contributed by atoms with Gasteiger partial charge in [0, 0.05) is 15.8 Å². The molecule has 0 heterocycles. The molecule has 0 amide bonds. The van der Waals surface area contributed by atoms with Crippen LogP contribution in [0.4, 0.5) is 0 Å². The van der Waals surface area contributed by atoms with Crippen LogP contribution in [-0.2, 0) is 16.0 Å². The topological polar surface area (TPSA) is 105 Å². The van der Waals surface area contributed by atoms with E-state index in [2.05, 4.69) is 42.6 Å². The summed E-state index contributed by atoms with van der Waals surface area (Å²) in [4.78, 5) is 20.6. The Kier molecular flexibility index (Phi) is 9.91. The fourth-order valence-electron chi connectivity index (χ4n) is 2.21. The zero-order chi connectivity index (χ0) is 21.1. The second kappa shape index (κ2) is 11.9. The number of carboxylic acids is 2. The number of carboxylic acid groups (broad SMARTS) is 2. The molecule has 152 valence electrons. The Labute approximate surface area is 168 Å². The normalized spacial score (nSPS) is 11.0. The van der Waals surface area contributed by atoms with E-state index < -0.39 is 11.9 Å². The van der Waals surface area contributed by atoms with Gasteiger partial charge in [0.05, 0.1) is 14.2 Å². The number of hydrogen-bond donors (Lipinski definition) is 3. The second-order valence-corrected chi connectivity index (χ2v) is 6.85. The fourth-order valence-corrected chi connectivity index (χ4v) is 3.20. The van der Waals surface area contributed by atoms with Crippen LogP contribution in [0.15, 0.2) is 52.3 Å². The quantitative estimate of drug-likeness (QED) is 0.601. The molecule has 8 heteroatoms. The average molecular weight is 407 g/mol. The summed E-state index contributed by atoms with van der Waals surface area (Å²) >= 11 is 1.75. The van der Waals surface area contributed by atoms with Crippen LogP contribution >= 0.6 is 11.8 Å². The molecule has 0 aliphatic rings. The van der Waals surface area contributed by atoms with E-state index in [1.807, 2.05) is 19.2 Å². The highest BCUT2D eigenvalue weighted by atomic mass is 32.2. The average Bonchev–Trinajstić information content (AvgIpc) is 2.69. The van der Waals surface area contributed by atoms with Crippen LogP contribution in [0.3, 0.4) is 0 Å². The van der Waals surface area contributed by atoms with Crippen LogP contribution in [0.1, 0.15) is 12.5 Å². The minimum absolute atomic E-state index is 0.451. The van der Waals surface area contributed by atoms with Gasteiger partial charge in [0.2, 0.25) is 0 Å². The minimum Gasteiger partial charge on any atom is -0.493 e. The lowest BCUT2D eigenvalue weighted by atomic mass is 10.1. The van der Waals surface area contributed by atoms with Crippen molar-refractivity contribution < 1.29 is 29.3 Å². The van der Waals surface area contributed by atoms with Crippen LogP contribution < -0.4 is 14.8 Å². The van der Waals surface area contributed by atoms with E-state index in [1.165, 1.54) is 10.5 Å². The van der Waals surface area contributed by atoms with Crippen molar-refractivity contribution in [1.82, 2.24) is 5.32 Å². The maximum atomic E-state index is 9.10. The van der Waals surface area contributed by atoms with Crippen LogP contribution in [0.5, 0.6) is 11.5 Å². The third-order valence-corrected chi connectivity index (χ3v) is 4.87. The van der Waals surface area contributed by atoms with Gasteiger partial charge in [0.1, 0.15) is 0 Å². The van der Waals surface area contributed by atoms with Crippen molar-refractivity contribution in [1.29, 1.82) is 0 Å². The third kappa shape index (κ3) is 7.50. The summed E-state index contributed by atoms with van der Waals surface area (Å²) in [7, 11) is 5.31. The van der Waals surface area contributed by atoms with Gasteiger partial charge < -0.3 is 25.0 Å². The molecule has 7 nitrogen and oxygen atoms in total. The van der Waals surface area contributed by atoms with Crippen molar-refractivity contribution in [2.75, 3.05) is 21.3 Å². The fraction of sp³-hybridized carbons (Fsp3) is 0.300. The third-order valence-electron chi connectivity index (χ3n) is 3.76. The molecule has 0 bridgehead atoms. The number of methoxy groups -OCH3 is 2. The SMILES string of the molecule is CNC(C)Cc1ccccc1Sc1ccc(OC)c(OC)c1.O=C(O)C(=O)O. The number of rotatable bonds is 7. The number of carbonyl (C=O) groups is 2. The predicted molar refractivity (Wildman–Crippen MR) is 108 cm³/mol. The highest BCUT2D eigenvalue weighted by Crippen LogP contribution is 2.36. The molecule has 0 fully saturated rings. The Hall–Kier alpha value is -2.71. The Balaban J connectivity index is 0.000000568. The summed E-state index contributed by atoms with van der Waals surface area (Å²) in [5.74, 6) is -2.14. The summed E-state index contributed by atoms with van der Waals surface area (Å²) < 4.78 is 10.7. The lowest BCUT2D eigenvalue weighted by Crippen LogP contribution is -2.23. The molecular weight excluding hydrogens is 382 g/mol. The van der Waals surface area contributed by atoms with Crippen molar-refractivity contribution >= 4 is 23.7 Å². The first-order valence-electron chi connectivity index (χ1n) is 8.43. The number of likely N-dealkylation sites (N-methyl/N-ethyl adjacent to an activating group) is 1. The highest BCUT2D eigenvalue weighted by molar-refractivity contribution is 7.99. The number of aliphatic carboxylic acids is 2. The van der Waals surface area contributed by atoms with Gasteiger partial charge >= 0.3 is 11.9 Å². The number of hydrogen-bond acceptors (Lipinski definition) is 6. The van der Waals surface area contributed by atoms with Gasteiger partial charge in [-0.25, -0.2) is 9.59 Å². The summed E-state index contributed by atoms with van der Waals surface area (Å²) in [6.07, 6.45) is 1.01. The molecule has 1 unspecified atom stereocenters. The summed E-state index contributed by atoms with van der Waals surface area (Å²) in [6.45, 7) is 2.19. The monoisotopic (exact) mass is 407 g/mol. The molecule has 2 aromatic rings. The number of benzene rings is 2. The van der Waals surface area contributed by atoms with Gasteiger partial charge in [-0.15, -0.1) is 0 Å². The molecule has 0 spiro atoms. The standard InChI is InChI=1S/C18H23NO2S.C2H2O4/c1-13(19-2)11-14-7-5-6-8-18(14)22-15-9-10-16(20-3)17(12-15)21-4;3-1(4)2(5)6/h5-10,12-13,19H,11H2,1-4H3;(H,3,4)(H,5,6). The van der Waals surface area contributed by atoms with E-state index in [-0.39, 0.29) is 0 Å². The zero-order valence-corrected chi connectivity index (χ0v) is 17.1. The molecule has 2 rings (SSSR count). The maximum absolute atomic E-state index is 9.10. The van der Waals surface area contributed by atoms with Crippen LogP contribution in [0.2, 0.25) is 0 Å². The maximum Gasteiger partial charge on any atom is 0.414 e. The number of nitrogens with one attached hydrogen (secondary N) is 1. The summed E-state index contributed by atoms with van der Waals surface area (Å²) in [6, 6.07) is 15.0. The smallest absolute Gasteiger partial charge is 0.414 e. The minimum atomic E-state index is -1.82. The Morgan fingerprint density at radius 3 is 2.18 bits per heavy atom. The largest absolute Gasteiger partial charge is 0.493 e. The first kappa shape index (κ1) is 23.3. The lowest BCUT2D eigenvalue weighted by Gasteiger charge is -2.14. The molecule has 0 saturated carbocycles. The zero-order valence-electron chi connectivity index (χ0n) is 16.3. The number of ether oxygens (including phenoxy) is 2. The van der Waals surface area contributed by atoms with Crippen LogP contribution in [0, 0.1) is 0 Å². The van der Waals surface area contributed by atoms with E-state index >= 15 is 0 Å². The summed E-state index contributed by atoms with van der Waals surface area (Å²) in [5, 5.41) is 18.1. The van der Waals surface area contributed by atoms with E-state index in [0.717, 1.165) is 22.8 Å². The molecule has 0 aromatic heterocycles. The van der Waals surface area contributed by atoms with Gasteiger partial charge in [-0.3, -0.25) is 0 Å². The highest BCUT2D eigenvalue weighted by Gasteiger charge is 2.10. The Morgan fingerprint density at radius 2 is 1.64 bits per heavy atom.